The summed E-state index contributed by atoms with van der Waals surface area (Å²) in [5.41, 5.74) is -0.532. The number of hydrogen-bond donors (Lipinski definition) is 0. The van der Waals surface area contributed by atoms with Crippen molar-refractivity contribution in [2.24, 2.45) is 22.4 Å². The van der Waals surface area contributed by atoms with Crippen LogP contribution in [0.5, 0.6) is 0 Å². The molecule has 1 fully saturated rings. The lowest BCUT2D eigenvalue weighted by Gasteiger charge is -2.38. The molecule has 0 aromatic heterocycles. The lowest BCUT2D eigenvalue weighted by atomic mass is 9.63. The zero-order chi connectivity index (χ0) is 22.0. The molecule has 0 aliphatic heterocycles. The van der Waals surface area contributed by atoms with Crippen LogP contribution in [0.15, 0.2) is 17.8 Å². The third-order valence-corrected chi connectivity index (χ3v) is 4.99. The number of ether oxygens (including phenoxy) is 2. The van der Waals surface area contributed by atoms with Gasteiger partial charge < -0.3 is 14.3 Å². The summed E-state index contributed by atoms with van der Waals surface area (Å²) in [6, 6.07) is 0. The van der Waals surface area contributed by atoms with Crippen molar-refractivity contribution < 1.29 is 33.5 Å². The number of hydrogen-bond acceptors (Lipinski definition) is 8. The molecule has 162 valence electrons. The van der Waals surface area contributed by atoms with Crippen LogP contribution in [0.4, 0.5) is 0 Å². The van der Waals surface area contributed by atoms with Crippen LogP contribution in [0, 0.1) is 17.3 Å². The van der Waals surface area contributed by atoms with Crippen molar-refractivity contribution in [3.05, 3.63) is 12.7 Å². The van der Waals surface area contributed by atoms with Crippen molar-refractivity contribution in [1.82, 2.24) is 0 Å². The smallest absolute Gasteiger partial charge is 0.316 e. The van der Waals surface area contributed by atoms with Crippen LogP contribution >= 0.6 is 0 Å². The maximum atomic E-state index is 13.1. The van der Waals surface area contributed by atoms with Gasteiger partial charge in [0.15, 0.2) is 5.78 Å². The van der Waals surface area contributed by atoms with Crippen molar-refractivity contribution in [1.29, 1.82) is 0 Å². The van der Waals surface area contributed by atoms with E-state index >= 15 is 0 Å². The van der Waals surface area contributed by atoms with E-state index in [0.717, 1.165) is 0 Å². The second kappa shape index (κ2) is 11.5. The first-order valence-electron chi connectivity index (χ1n) is 9.70. The Morgan fingerprint density at radius 1 is 1.14 bits per heavy atom. The third kappa shape index (κ3) is 6.80. The van der Waals surface area contributed by atoms with Crippen molar-refractivity contribution >= 4 is 29.2 Å². The Kier molecular flexibility index (Phi) is 9.71. The minimum atomic E-state index is -1.13. The highest BCUT2D eigenvalue weighted by Gasteiger charge is 2.53. The number of ketones is 2. The SMILES string of the molecule is C=CCO/N=C(/CCCCCC(=O)OC)[C@@H]1C(=O)CC(C)(C)[C@@H](C(=O)OC)C1=O. The number of unbranched alkanes of at least 4 members (excludes halogenated alkanes) is 2. The molecule has 0 aromatic carbocycles. The van der Waals surface area contributed by atoms with Gasteiger partial charge in [-0.05, 0) is 24.7 Å². The Hall–Kier alpha value is -2.51. The molecule has 0 aromatic rings. The molecule has 0 saturated heterocycles. The van der Waals surface area contributed by atoms with Crippen LogP contribution in [0.25, 0.3) is 0 Å². The topological polar surface area (TPSA) is 108 Å². The van der Waals surface area contributed by atoms with E-state index in [1.54, 1.807) is 13.8 Å². The molecular weight excluding hydrogens is 378 g/mol. The summed E-state index contributed by atoms with van der Waals surface area (Å²) in [7, 11) is 2.56. The van der Waals surface area contributed by atoms with Gasteiger partial charge in [0.05, 0.1) is 19.9 Å². The maximum Gasteiger partial charge on any atom is 0.316 e. The standard InChI is InChI=1S/C21H31NO7/c1-6-12-29-22-14(10-8-7-9-11-16(24)27-4)17-15(23)13-21(2,3)18(19(17)25)20(26)28-5/h6,17-18H,1,7-13H2,2-5H3/b22-14-/t17-,18-/m1/s1. The van der Waals surface area contributed by atoms with E-state index in [1.165, 1.54) is 20.3 Å². The van der Waals surface area contributed by atoms with Crippen LogP contribution in [-0.4, -0.2) is 50.0 Å². The van der Waals surface area contributed by atoms with E-state index in [9.17, 15) is 19.2 Å². The minimum Gasteiger partial charge on any atom is -0.469 e. The average molecular weight is 409 g/mol. The Morgan fingerprint density at radius 2 is 1.79 bits per heavy atom. The fourth-order valence-corrected chi connectivity index (χ4v) is 3.54. The second-order valence-electron chi connectivity index (χ2n) is 7.73. The van der Waals surface area contributed by atoms with Gasteiger partial charge in [-0.3, -0.25) is 19.2 Å². The molecule has 1 aliphatic carbocycles. The molecule has 0 spiro atoms. The summed E-state index contributed by atoms with van der Waals surface area (Å²) < 4.78 is 9.41. The van der Waals surface area contributed by atoms with E-state index in [2.05, 4.69) is 16.5 Å². The van der Waals surface area contributed by atoms with Gasteiger partial charge in [-0.25, -0.2) is 0 Å². The van der Waals surface area contributed by atoms with Gasteiger partial charge in [-0.2, -0.15) is 0 Å². The van der Waals surface area contributed by atoms with Crippen LogP contribution < -0.4 is 0 Å². The lowest BCUT2D eigenvalue weighted by molar-refractivity contribution is -0.159. The zero-order valence-corrected chi connectivity index (χ0v) is 17.7. The monoisotopic (exact) mass is 409 g/mol. The fraction of sp³-hybridized carbons (Fsp3) is 0.667. The summed E-state index contributed by atoms with van der Waals surface area (Å²) in [5.74, 6) is -3.89. The average Bonchev–Trinajstić information content (AvgIpc) is 2.65. The molecule has 1 rings (SSSR count). The van der Waals surface area contributed by atoms with Crippen molar-refractivity contribution in [3.8, 4) is 0 Å². The van der Waals surface area contributed by atoms with E-state index in [1.807, 2.05) is 0 Å². The zero-order valence-electron chi connectivity index (χ0n) is 17.7. The Labute approximate surface area is 171 Å². The van der Waals surface area contributed by atoms with Gasteiger partial charge in [0, 0.05) is 12.8 Å². The highest BCUT2D eigenvalue weighted by atomic mass is 16.6. The summed E-state index contributed by atoms with van der Waals surface area (Å²) in [5, 5.41) is 4.01. The third-order valence-electron chi connectivity index (χ3n) is 4.99. The lowest BCUT2D eigenvalue weighted by Crippen LogP contribution is -2.52. The molecule has 0 unspecified atom stereocenters. The highest BCUT2D eigenvalue weighted by molar-refractivity contribution is 6.26. The van der Waals surface area contributed by atoms with Crippen molar-refractivity contribution in [2.45, 2.75) is 52.4 Å². The predicted octanol–water partition coefficient (Wildman–Crippen LogP) is 2.64. The normalized spacial score (nSPS) is 21.4. The molecule has 0 N–H and O–H groups in total. The van der Waals surface area contributed by atoms with E-state index in [0.29, 0.717) is 37.8 Å². The molecule has 1 saturated carbocycles. The van der Waals surface area contributed by atoms with Gasteiger partial charge in [-0.1, -0.05) is 38.1 Å². The molecular formula is C21H31NO7. The maximum absolute atomic E-state index is 13.1. The first-order chi connectivity index (χ1) is 13.7. The number of nitrogens with zero attached hydrogens (tertiary/aromatic N) is 1. The van der Waals surface area contributed by atoms with Gasteiger partial charge in [0.25, 0.3) is 0 Å². The molecule has 0 radical (unpaired) electrons. The van der Waals surface area contributed by atoms with Gasteiger partial charge in [0.2, 0.25) is 0 Å². The largest absolute Gasteiger partial charge is 0.469 e. The highest BCUT2D eigenvalue weighted by Crippen LogP contribution is 2.40. The first-order valence-corrected chi connectivity index (χ1v) is 9.70. The summed E-state index contributed by atoms with van der Waals surface area (Å²) in [6.45, 7) is 7.09. The number of Topliss-reactive ketones (excluding diaryl/α,β-unsaturated/α-hetero) is 2. The molecule has 29 heavy (non-hydrogen) atoms. The first kappa shape index (κ1) is 24.5. The summed E-state index contributed by atoms with van der Waals surface area (Å²) in [4.78, 5) is 54.5. The van der Waals surface area contributed by atoms with Gasteiger partial charge >= 0.3 is 11.9 Å². The molecule has 1 aliphatic rings. The van der Waals surface area contributed by atoms with Crippen molar-refractivity contribution in [2.75, 3.05) is 20.8 Å². The fourth-order valence-electron chi connectivity index (χ4n) is 3.54. The Morgan fingerprint density at radius 3 is 2.38 bits per heavy atom. The van der Waals surface area contributed by atoms with Crippen LogP contribution in [0.1, 0.15) is 52.4 Å². The number of esters is 2. The summed E-state index contributed by atoms with van der Waals surface area (Å²) in [6.07, 6.45) is 4.13. The number of methoxy groups -OCH3 is 2. The molecule has 0 heterocycles. The number of carbonyl (C=O) groups is 4. The predicted molar refractivity (Wildman–Crippen MR) is 106 cm³/mol. The van der Waals surface area contributed by atoms with E-state index in [4.69, 9.17) is 9.57 Å². The van der Waals surface area contributed by atoms with Crippen molar-refractivity contribution in [3.63, 3.8) is 0 Å². The van der Waals surface area contributed by atoms with E-state index < -0.39 is 29.0 Å². The molecule has 0 amide bonds. The quantitative estimate of drug-likeness (QED) is 0.129. The Balaban J connectivity index is 2.97. The van der Waals surface area contributed by atoms with Crippen LogP contribution in [0.2, 0.25) is 0 Å². The van der Waals surface area contributed by atoms with E-state index in [-0.39, 0.29) is 24.8 Å². The van der Waals surface area contributed by atoms with Gasteiger partial charge in [-0.15, -0.1) is 0 Å². The van der Waals surface area contributed by atoms with Crippen LogP contribution in [0.3, 0.4) is 0 Å². The minimum absolute atomic E-state index is 0.0615. The number of rotatable bonds is 11. The molecule has 8 nitrogen and oxygen atoms in total. The number of carbonyl (C=O) groups excluding carboxylic acids is 4. The molecule has 2 atom stereocenters. The van der Waals surface area contributed by atoms with Gasteiger partial charge in [0.1, 0.15) is 24.2 Å². The summed E-state index contributed by atoms with van der Waals surface area (Å²) >= 11 is 0. The Bertz CT molecular complexity index is 666. The van der Waals surface area contributed by atoms with Crippen LogP contribution in [-0.2, 0) is 33.5 Å². The number of oxime groups is 1. The second-order valence-corrected chi connectivity index (χ2v) is 7.73. The molecule has 0 bridgehead atoms. The molecule has 8 heteroatoms.